The number of likely N-dealkylation sites (N-methyl/N-ethyl adjacent to an activating group) is 1. The van der Waals surface area contributed by atoms with Crippen LogP contribution in [0, 0.1) is 0 Å². The molecule has 5 aromatic rings. The molecule has 0 radical (unpaired) electrons. The van der Waals surface area contributed by atoms with Crippen molar-refractivity contribution >= 4 is 80.2 Å². The van der Waals surface area contributed by atoms with Crippen molar-refractivity contribution in [2.24, 2.45) is 0 Å². The number of phenolic OH excluding ortho intramolecular Hbond substituents is 2. The second-order valence-electron chi connectivity index (χ2n) is 21.2. The average Bonchev–Trinajstić information content (AvgIpc) is 3.62. The van der Waals surface area contributed by atoms with Crippen LogP contribution in [0.5, 0.6) is 11.5 Å². The molecule has 10 nitrogen and oxygen atoms in total. The molecule has 81 heavy (non-hydrogen) atoms. The lowest BCUT2D eigenvalue weighted by atomic mass is 9.86. The number of benzene rings is 7. The molecule has 0 bridgehead atoms. The van der Waals surface area contributed by atoms with Gasteiger partial charge >= 0.3 is 0 Å². The van der Waals surface area contributed by atoms with Gasteiger partial charge in [0.05, 0.1) is 20.1 Å². The Bertz CT molecular complexity index is 3730. The zero-order valence-corrected chi connectivity index (χ0v) is 48.7. The zero-order valence-electron chi connectivity index (χ0n) is 45.7. The van der Waals surface area contributed by atoms with Gasteiger partial charge in [-0.1, -0.05) is 185 Å². The Hall–Kier alpha value is -6.82. The summed E-state index contributed by atoms with van der Waals surface area (Å²) in [5.74, 6) is 0.227. The molecule has 14 heteroatoms. The summed E-state index contributed by atoms with van der Waals surface area (Å²) in [4.78, 5) is 53.6. The van der Waals surface area contributed by atoms with Gasteiger partial charge in [-0.15, -0.1) is 0 Å². The number of nitrogens with zero attached hydrogens (tertiary/aromatic N) is 1. The van der Waals surface area contributed by atoms with E-state index in [-0.39, 0.29) is 60.2 Å². The van der Waals surface area contributed by atoms with E-state index in [2.05, 4.69) is 24.4 Å². The lowest BCUT2D eigenvalue weighted by molar-refractivity contribution is 0.0796. The van der Waals surface area contributed by atoms with Gasteiger partial charge in [0.15, 0.2) is 0 Å². The van der Waals surface area contributed by atoms with Gasteiger partial charge in [-0.3, -0.25) is 19.2 Å². The average molecular weight is 1170 g/mol. The number of unbranched alkanes of at least 4 members (excludes halogenated alkanes) is 12. The Balaban J connectivity index is 0.698. The standard InChI is InChI=1S/C67H66Cl4N2O8/c1-3-42(63-64(77)54(71)37-50-62(49-36-53(70)57(76)40-60(49)81-65(50)63)44-25-29-46(30-26-44)67(79)73(2)33-31-41-20-16-15-17-21-41)22-18-13-11-9-7-5-4-6-8-10-12-14-19-32-72-66(78)45-27-23-43(24-28-45)61-47-34-51(68)55(74)38-58(47)80-59-39-56(75)52(69)35-48(59)61/h15-17,20-21,23-30,34-40,42,74,77H,3-14,18-19,22,31-33H2,1-2H3,(H,72,78). The Morgan fingerprint density at radius 3 is 1.68 bits per heavy atom. The molecule has 9 rings (SSSR count). The summed E-state index contributed by atoms with van der Waals surface area (Å²) < 4.78 is 12.5. The first-order chi connectivity index (χ1) is 39.2. The van der Waals surface area contributed by atoms with Crippen LogP contribution < -0.4 is 16.2 Å². The zero-order chi connectivity index (χ0) is 57.2. The summed E-state index contributed by atoms with van der Waals surface area (Å²) in [5, 5.41) is 26.7. The van der Waals surface area contributed by atoms with Crippen LogP contribution in [0.2, 0.25) is 20.1 Å². The minimum atomic E-state index is -0.377. The lowest BCUT2D eigenvalue weighted by Crippen LogP contribution is -2.28. The van der Waals surface area contributed by atoms with Crippen molar-refractivity contribution in [1.29, 1.82) is 0 Å². The van der Waals surface area contributed by atoms with Gasteiger partial charge in [0, 0.05) is 88.1 Å². The molecular weight excluding hydrogens is 1100 g/mol. The van der Waals surface area contributed by atoms with Crippen LogP contribution in [0.25, 0.3) is 66.8 Å². The van der Waals surface area contributed by atoms with Gasteiger partial charge in [0.2, 0.25) is 10.9 Å². The molecule has 2 heterocycles. The number of rotatable bonds is 25. The molecule has 2 aliphatic heterocycles. The van der Waals surface area contributed by atoms with Gasteiger partial charge in [0.25, 0.3) is 11.8 Å². The third-order valence-corrected chi connectivity index (χ3v) is 16.7. The molecule has 0 saturated carbocycles. The lowest BCUT2D eigenvalue weighted by Gasteiger charge is -2.23. The second kappa shape index (κ2) is 27.3. The maximum atomic E-state index is 13.5. The van der Waals surface area contributed by atoms with E-state index in [0.29, 0.717) is 79.9 Å². The maximum absolute atomic E-state index is 13.5. The number of halogens is 4. The van der Waals surface area contributed by atoms with Crippen LogP contribution in [0.15, 0.2) is 140 Å². The Morgan fingerprint density at radius 1 is 0.580 bits per heavy atom. The van der Waals surface area contributed by atoms with E-state index in [1.165, 1.54) is 63.1 Å². The third-order valence-electron chi connectivity index (χ3n) is 15.6. The minimum absolute atomic E-state index is 0.0125. The van der Waals surface area contributed by atoms with Crippen LogP contribution in [0.4, 0.5) is 0 Å². The molecule has 4 aliphatic rings. The normalized spacial score (nSPS) is 12.0. The van der Waals surface area contributed by atoms with Gasteiger partial charge in [-0.05, 0) is 96.8 Å². The SMILES string of the molecule is CCC(CCCCCCCCCCCCCCCNC(=O)c1ccc(-c2c3cc(Cl)c(=O)cc-3oc3cc(O)c(Cl)cc23)cc1)c1c(O)c(Cl)cc2c(-c3ccc(C(=O)N(C)CCc4ccccc4)cc3)c3cc(Cl)c(=O)cc-3oc12. The molecule has 0 aromatic heterocycles. The number of nitrogens with one attached hydrogen (secondary N) is 1. The van der Waals surface area contributed by atoms with Crippen molar-refractivity contribution < 1.29 is 28.6 Å². The number of aromatic hydroxyl groups is 2. The fourth-order valence-electron chi connectivity index (χ4n) is 11.1. The fourth-order valence-corrected chi connectivity index (χ4v) is 11.8. The van der Waals surface area contributed by atoms with Crippen LogP contribution >= 0.6 is 46.4 Å². The first-order valence-electron chi connectivity index (χ1n) is 28.2. The largest absolute Gasteiger partial charge is 0.506 e. The van der Waals surface area contributed by atoms with Crippen molar-refractivity contribution in [3.8, 4) is 56.4 Å². The molecule has 0 spiro atoms. The smallest absolute Gasteiger partial charge is 0.253 e. The highest BCUT2D eigenvalue weighted by atomic mass is 35.5. The van der Waals surface area contributed by atoms with E-state index in [4.69, 9.17) is 55.2 Å². The molecule has 0 fully saturated rings. The molecule has 1 unspecified atom stereocenters. The first kappa shape index (κ1) is 58.8. The van der Waals surface area contributed by atoms with E-state index in [1.807, 2.05) is 54.6 Å². The molecule has 3 N–H and O–H groups in total. The van der Waals surface area contributed by atoms with Crippen LogP contribution in [0.1, 0.15) is 141 Å². The highest BCUT2D eigenvalue weighted by molar-refractivity contribution is 6.34. The van der Waals surface area contributed by atoms with E-state index in [9.17, 15) is 29.4 Å². The molecule has 420 valence electrons. The quantitative estimate of drug-likeness (QED) is 0.0378. The summed E-state index contributed by atoms with van der Waals surface area (Å²) >= 11 is 25.9. The Morgan fingerprint density at radius 2 is 1.10 bits per heavy atom. The highest BCUT2D eigenvalue weighted by Gasteiger charge is 2.28. The minimum Gasteiger partial charge on any atom is -0.506 e. The fraction of sp³-hybridized carbons (Fsp3) is 0.313. The van der Waals surface area contributed by atoms with Gasteiger partial charge in [-0.2, -0.15) is 0 Å². The van der Waals surface area contributed by atoms with Crippen molar-refractivity contribution in [3.05, 3.63) is 184 Å². The number of fused-ring (bicyclic) bond motifs is 4. The number of hydrogen-bond acceptors (Lipinski definition) is 8. The van der Waals surface area contributed by atoms with Crippen LogP contribution in [-0.4, -0.2) is 47.1 Å². The summed E-state index contributed by atoms with van der Waals surface area (Å²) in [6.45, 7) is 3.27. The summed E-state index contributed by atoms with van der Waals surface area (Å²) in [6.07, 6.45) is 17.0. The van der Waals surface area contributed by atoms with Crippen molar-refractivity contribution in [2.75, 3.05) is 20.1 Å². The van der Waals surface area contributed by atoms with Gasteiger partial charge in [-0.25, -0.2) is 0 Å². The van der Waals surface area contributed by atoms with Crippen LogP contribution in [0.3, 0.4) is 0 Å². The van der Waals surface area contributed by atoms with Gasteiger partial charge < -0.3 is 29.3 Å². The van der Waals surface area contributed by atoms with E-state index >= 15 is 0 Å². The number of carbonyl (C=O) groups is 2. The van der Waals surface area contributed by atoms with Crippen molar-refractivity contribution in [3.63, 3.8) is 0 Å². The molecular formula is C67H66Cl4N2O8. The highest BCUT2D eigenvalue weighted by Crippen LogP contribution is 2.49. The molecule has 0 saturated heterocycles. The number of phenols is 2. The topological polar surface area (TPSA) is 150 Å². The molecule has 2 amide bonds. The van der Waals surface area contributed by atoms with Crippen molar-refractivity contribution in [2.45, 2.75) is 116 Å². The molecule has 2 aliphatic carbocycles. The summed E-state index contributed by atoms with van der Waals surface area (Å²) in [6, 6.07) is 35.4. The maximum Gasteiger partial charge on any atom is 0.253 e. The Labute approximate surface area is 492 Å². The number of carbonyl (C=O) groups excluding carboxylic acids is 2. The Kier molecular flexibility index (Phi) is 19.8. The first-order valence-corrected chi connectivity index (χ1v) is 29.7. The van der Waals surface area contributed by atoms with E-state index in [1.54, 1.807) is 48.3 Å². The summed E-state index contributed by atoms with van der Waals surface area (Å²) in [5.41, 5.74) is 7.22. The monoisotopic (exact) mass is 1170 g/mol. The number of amides is 2. The predicted molar refractivity (Wildman–Crippen MR) is 330 cm³/mol. The number of hydrogen-bond donors (Lipinski definition) is 3. The van der Waals surface area contributed by atoms with E-state index < -0.39 is 0 Å². The third kappa shape index (κ3) is 13.9. The molecule has 1 atom stereocenters. The van der Waals surface area contributed by atoms with Crippen LogP contribution in [-0.2, 0) is 6.42 Å². The summed E-state index contributed by atoms with van der Waals surface area (Å²) in [7, 11) is 1.81. The predicted octanol–water partition coefficient (Wildman–Crippen LogP) is 18.2. The molecule has 5 aromatic carbocycles. The van der Waals surface area contributed by atoms with Gasteiger partial charge in [0.1, 0.15) is 34.2 Å². The van der Waals surface area contributed by atoms with E-state index in [0.717, 1.165) is 80.0 Å². The second-order valence-corrected chi connectivity index (χ2v) is 22.8. The van der Waals surface area contributed by atoms with Crippen molar-refractivity contribution in [1.82, 2.24) is 10.2 Å².